The standard InChI is InChI=1S/C29H33F4N3O/c1-3-4-9-35-14-19(15-35)29(37)18-11-23(32)26(24(33)12-18)28-27-22(21-7-5-6-8-25(21)34-27)10-17(2)36(28)16-20(31)13-30/h5-8,11-12,17,19-20,28,34H,3-4,9-10,13-16H2,1-2H3/t17-,20?,28-/m1/s1. The molecule has 5 rings (SSSR count). The van der Waals surface area contributed by atoms with Crippen molar-refractivity contribution in [1.82, 2.24) is 14.8 Å². The summed E-state index contributed by atoms with van der Waals surface area (Å²) in [6.45, 7) is 4.59. The number of halogens is 4. The predicted octanol–water partition coefficient (Wildman–Crippen LogP) is 6.00. The molecule has 37 heavy (non-hydrogen) atoms. The van der Waals surface area contributed by atoms with Crippen molar-refractivity contribution in [2.24, 2.45) is 5.92 Å². The first-order chi connectivity index (χ1) is 17.8. The lowest BCUT2D eigenvalue weighted by Gasteiger charge is -2.41. The van der Waals surface area contributed by atoms with Crippen LogP contribution in [0.3, 0.4) is 0 Å². The number of fused-ring (bicyclic) bond motifs is 3. The van der Waals surface area contributed by atoms with Crippen LogP contribution in [-0.4, -0.2) is 65.6 Å². The van der Waals surface area contributed by atoms with Gasteiger partial charge in [-0.3, -0.25) is 9.69 Å². The van der Waals surface area contributed by atoms with Crippen molar-refractivity contribution in [2.75, 3.05) is 32.9 Å². The molecule has 0 aliphatic carbocycles. The highest BCUT2D eigenvalue weighted by molar-refractivity contribution is 5.98. The minimum absolute atomic E-state index is 0.0123. The van der Waals surface area contributed by atoms with Crippen LogP contribution in [0.15, 0.2) is 36.4 Å². The van der Waals surface area contributed by atoms with Crippen LogP contribution in [0.2, 0.25) is 0 Å². The molecule has 0 bridgehead atoms. The second kappa shape index (κ2) is 10.6. The Hall–Kier alpha value is -2.71. The fraction of sp³-hybridized carbons (Fsp3) is 0.483. The maximum Gasteiger partial charge on any atom is 0.168 e. The first-order valence-corrected chi connectivity index (χ1v) is 13.1. The monoisotopic (exact) mass is 515 g/mol. The lowest BCUT2D eigenvalue weighted by Crippen LogP contribution is -2.50. The molecule has 4 nitrogen and oxygen atoms in total. The Balaban J connectivity index is 1.52. The Morgan fingerprint density at radius 3 is 2.54 bits per heavy atom. The molecule has 0 radical (unpaired) electrons. The number of nitrogens with one attached hydrogen (secondary N) is 1. The van der Waals surface area contributed by atoms with Gasteiger partial charge in [-0.25, -0.2) is 17.6 Å². The van der Waals surface area contributed by atoms with Gasteiger partial charge in [0.15, 0.2) is 5.78 Å². The van der Waals surface area contributed by atoms with Crippen LogP contribution in [0.25, 0.3) is 10.9 Å². The van der Waals surface area contributed by atoms with Crippen molar-refractivity contribution in [2.45, 2.75) is 51.4 Å². The highest BCUT2D eigenvalue weighted by Crippen LogP contribution is 2.43. The maximum absolute atomic E-state index is 15.7. The largest absolute Gasteiger partial charge is 0.357 e. The quantitative estimate of drug-likeness (QED) is 0.281. The number of H-pyrrole nitrogens is 1. The van der Waals surface area contributed by atoms with E-state index in [1.54, 1.807) is 4.90 Å². The lowest BCUT2D eigenvalue weighted by atomic mass is 9.86. The number of rotatable bonds is 9. The van der Waals surface area contributed by atoms with Crippen molar-refractivity contribution in [3.8, 4) is 0 Å². The number of carbonyl (C=O) groups excluding carboxylic acids is 1. The second-order valence-electron chi connectivity index (χ2n) is 10.5. The average molecular weight is 516 g/mol. The van der Waals surface area contributed by atoms with E-state index in [4.69, 9.17) is 0 Å². The summed E-state index contributed by atoms with van der Waals surface area (Å²) in [6.07, 6.45) is 0.867. The summed E-state index contributed by atoms with van der Waals surface area (Å²) < 4.78 is 59.0. The van der Waals surface area contributed by atoms with Gasteiger partial charge in [0, 0.05) is 59.3 Å². The van der Waals surface area contributed by atoms with E-state index < -0.39 is 30.5 Å². The molecule has 1 fully saturated rings. The molecule has 1 aromatic heterocycles. The van der Waals surface area contributed by atoms with Crippen molar-refractivity contribution in [3.63, 3.8) is 0 Å². The summed E-state index contributed by atoms with van der Waals surface area (Å²) in [4.78, 5) is 20.1. The van der Waals surface area contributed by atoms with Gasteiger partial charge in [-0.15, -0.1) is 0 Å². The lowest BCUT2D eigenvalue weighted by molar-refractivity contribution is 0.0618. The number of hydrogen-bond donors (Lipinski definition) is 1. The predicted molar refractivity (Wildman–Crippen MR) is 136 cm³/mol. The highest BCUT2D eigenvalue weighted by atomic mass is 19.2. The highest BCUT2D eigenvalue weighted by Gasteiger charge is 2.40. The molecule has 1 N–H and O–H groups in total. The van der Waals surface area contributed by atoms with Crippen molar-refractivity contribution >= 4 is 16.7 Å². The van der Waals surface area contributed by atoms with E-state index in [9.17, 15) is 13.6 Å². The molecular formula is C29H33F4N3O. The molecule has 3 heterocycles. The first-order valence-electron chi connectivity index (χ1n) is 13.1. The zero-order valence-electron chi connectivity index (χ0n) is 21.2. The van der Waals surface area contributed by atoms with Gasteiger partial charge < -0.3 is 9.88 Å². The van der Waals surface area contributed by atoms with Gasteiger partial charge >= 0.3 is 0 Å². The SMILES string of the molecule is CCCCN1CC(C(=O)c2cc(F)c([C@@H]3c4[nH]c5ccccc5c4C[C@@H](C)N3CC(F)CF)c(F)c2)C1. The molecule has 0 saturated carbocycles. The van der Waals surface area contributed by atoms with Gasteiger partial charge in [0.05, 0.1) is 6.04 Å². The Kier molecular flexibility index (Phi) is 7.41. The molecule has 3 atom stereocenters. The summed E-state index contributed by atoms with van der Waals surface area (Å²) in [5.41, 5.74) is 2.07. The van der Waals surface area contributed by atoms with Gasteiger partial charge in [0.2, 0.25) is 0 Å². The number of carbonyl (C=O) groups is 1. The molecule has 0 spiro atoms. The minimum atomic E-state index is -1.78. The summed E-state index contributed by atoms with van der Waals surface area (Å²) in [5, 5.41) is 0.946. The zero-order valence-corrected chi connectivity index (χ0v) is 21.2. The molecule has 198 valence electrons. The smallest absolute Gasteiger partial charge is 0.168 e. The van der Waals surface area contributed by atoms with Crippen LogP contribution in [0.4, 0.5) is 17.6 Å². The second-order valence-corrected chi connectivity index (χ2v) is 10.5. The number of alkyl halides is 2. The van der Waals surface area contributed by atoms with Crippen LogP contribution in [0.5, 0.6) is 0 Å². The van der Waals surface area contributed by atoms with Crippen LogP contribution in [-0.2, 0) is 6.42 Å². The van der Waals surface area contributed by atoms with Crippen molar-refractivity contribution in [1.29, 1.82) is 0 Å². The zero-order chi connectivity index (χ0) is 26.3. The Morgan fingerprint density at radius 1 is 1.16 bits per heavy atom. The maximum atomic E-state index is 15.7. The summed E-state index contributed by atoms with van der Waals surface area (Å²) in [5.74, 6) is -2.24. The van der Waals surface area contributed by atoms with Crippen molar-refractivity contribution in [3.05, 3.63) is 70.4 Å². The number of aromatic nitrogens is 1. The van der Waals surface area contributed by atoms with E-state index in [1.807, 2.05) is 31.2 Å². The Bertz CT molecular complexity index is 1260. The van der Waals surface area contributed by atoms with E-state index >= 15 is 8.78 Å². The molecule has 0 amide bonds. The number of benzene rings is 2. The van der Waals surface area contributed by atoms with E-state index in [0.29, 0.717) is 25.2 Å². The molecule has 1 unspecified atom stereocenters. The molecule has 3 aromatic rings. The molecular weight excluding hydrogens is 482 g/mol. The van der Waals surface area contributed by atoms with Crippen molar-refractivity contribution < 1.29 is 22.4 Å². The fourth-order valence-corrected chi connectivity index (χ4v) is 5.90. The first kappa shape index (κ1) is 25.9. The topological polar surface area (TPSA) is 39.3 Å². The Labute approximate surface area is 214 Å². The van der Waals surface area contributed by atoms with Gasteiger partial charge in [0.1, 0.15) is 24.5 Å². The van der Waals surface area contributed by atoms with Crippen LogP contribution in [0, 0.1) is 17.6 Å². The molecule has 2 aliphatic rings. The van der Waals surface area contributed by atoms with Gasteiger partial charge in [-0.2, -0.15) is 0 Å². The summed E-state index contributed by atoms with van der Waals surface area (Å²) in [6, 6.07) is 8.55. The third-order valence-corrected chi connectivity index (χ3v) is 7.89. The van der Waals surface area contributed by atoms with Crippen LogP contribution in [0.1, 0.15) is 59.9 Å². The average Bonchev–Trinajstić information content (AvgIpc) is 3.22. The van der Waals surface area contributed by atoms with Crippen LogP contribution >= 0.6 is 0 Å². The third kappa shape index (κ3) is 4.81. The van der Waals surface area contributed by atoms with E-state index in [1.165, 1.54) is 0 Å². The third-order valence-electron chi connectivity index (χ3n) is 7.89. The number of para-hydroxylation sites is 1. The number of aromatic amines is 1. The molecule has 8 heteroatoms. The minimum Gasteiger partial charge on any atom is -0.357 e. The van der Waals surface area contributed by atoms with E-state index in [2.05, 4.69) is 16.8 Å². The summed E-state index contributed by atoms with van der Waals surface area (Å²) >= 11 is 0. The van der Waals surface area contributed by atoms with E-state index in [-0.39, 0.29) is 35.4 Å². The van der Waals surface area contributed by atoms with Gasteiger partial charge in [-0.1, -0.05) is 31.5 Å². The summed E-state index contributed by atoms with van der Waals surface area (Å²) in [7, 11) is 0. The molecule has 2 aliphatic heterocycles. The number of Topliss-reactive ketones (excluding diaryl/α,β-unsaturated/α-hetero) is 1. The van der Waals surface area contributed by atoms with E-state index in [0.717, 1.165) is 48.0 Å². The number of hydrogen-bond acceptors (Lipinski definition) is 3. The Morgan fingerprint density at radius 2 is 1.86 bits per heavy atom. The fourth-order valence-electron chi connectivity index (χ4n) is 5.90. The number of nitrogens with zero attached hydrogens (tertiary/aromatic N) is 2. The number of likely N-dealkylation sites (tertiary alicyclic amines) is 1. The van der Waals surface area contributed by atoms with Gasteiger partial charge in [-0.05, 0) is 50.1 Å². The molecule has 2 aromatic carbocycles. The number of ketones is 1. The number of unbranched alkanes of at least 4 members (excludes halogenated alkanes) is 1. The van der Waals surface area contributed by atoms with Crippen LogP contribution < -0.4 is 0 Å². The molecule has 1 saturated heterocycles. The van der Waals surface area contributed by atoms with Gasteiger partial charge in [0.25, 0.3) is 0 Å². The normalized spacial score (nSPS) is 21.7.